The topological polar surface area (TPSA) is 93.1 Å². The molecule has 0 spiro atoms. The highest BCUT2D eigenvalue weighted by atomic mass is 16.5. The van der Waals surface area contributed by atoms with Gasteiger partial charge in [0.25, 0.3) is 0 Å². The maximum absolute atomic E-state index is 10.5. The average molecular weight is 395 g/mol. The Balaban J connectivity index is 2.08. The van der Waals surface area contributed by atoms with Gasteiger partial charge in [-0.25, -0.2) is 0 Å². The second kappa shape index (κ2) is 15.8. The minimum absolute atomic E-state index is 0.210. The van der Waals surface area contributed by atoms with Crippen molar-refractivity contribution >= 4 is 11.9 Å². The normalized spacial score (nSPS) is 10.6. The Kier molecular flexibility index (Phi) is 13.4. The fourth-order valence-corrected chi connectivity index (χ4v) is 2.87. The fourth-order valence-electron chi connectivity index (χ4n) is 2.87. The van der Waals surface area contributed by atoms with Crippen LogP contribution in [0.2, 0.25) is 0 Å². The summed E-state index contributed by atoms with van der Waals surface area (Å²) in [4.78, 5) is 20.9. The molecule has 1 aromatic carbocycles. The van der Waals surface area contributed by atoms with E-state index in [0.29, 0.717) is 19.6 Å². The van der Waals surface area contributed by atoms with E-state index in [1.54, 1.807) is 0 Å². The van der Waals surface area contributed by atoms with E-state index in [1.165, 1.54) is 0 Å². The molecule has 0 unspecified atom stereocenters. The van der Waals surface area contributed by atoms with Gasteiger partial charge < -0.3 is 19.7 Å². The first kappa shape index (κ1) is 23.8. The Labute approximate surface area is 167 Å². The minimum Gasteiger partial charge on any atom is -0.490 e. The third kappa shape index (κ3) is 13.0. The van der Waals surface area contributed by atoms with E-state index < -0.39 is 11.9 Å². The first-order valence-corrected chi connectivity index (χ1v) is 10.4. The number of aliphatic carboxylic acids is 2. The summed E-state index contributed by atoms with van der Waals surface area (Å²) in [6, 6.07) is 7.63. The third-order valence-electron chi connectivity index (χ3n) is 4.43. The summed E-state index contributed by atoms with van der Waals surface area (Å²) in [5.74, 6) is 0.0262. The largest absolute Gasteiger partial charge is 0.490 e. The van der Waals surface area contributed by atoms with Crippen LogP contribution in [-0.2, 0) is 9.59 Å². The number of carbonyl (C=O) groups is 2. The summed E-state index contributed by atoms with van der Waals surface area (Å²) >= 11 is 0. The third-order valence-corrected chi connectivity index (χ3v) is 4.43. The summed E-state index contributed by atoms with van der Waals surface area (Å²) in [6.07, 6.45) is 10.1. The molecule has 28 heavy (non-hydrogen) atoms. The van der Waals surface area contributed by atoms with Gasteiger partial charge in [-0.2, -0.15) is 0 Å². The standard InChI is InChI=1S/C22H34O6/c23-21(24)15-7-4-2-1-3-5-11-17-27-19-13-9-10-14-20(19)28-18-12-6-8-16-22(25)26/h9-10,13-14H,1-8,11-12,15-18H2,(H,23,24)(H,25,26). The maximum Gasteiger partial charge on any atom is 0.303 e. The summed E-state index contributed by atoms with van der Waals surface area (Å²) in [6.45, 7) is 1.21. The molecule has 0 atom stereocenters. The van der Waals surface area contributed by atoms with Gasteiger partial charge in [0.15, 0.2) is 11.5 Å². The summed E-state index contributed by atoms with van der Waals surface area (Å²) in [5.41, 5.74) is 0. The quantitative estimate of drug-likeness (QED) is 0.328. The van der Waals surface area contributed by atoms with Gasteiger partial charge in [-0.1, -0.05) is 44.2 Å². The Morgan fingerprint density at radius 2 is 0.964 bits per heavy atom. The molecule has 0 saturated heterocycles. The molecule has 0 aliphatic heterocycles. The van der Waals surface area contributed by atoms with E-state index in [9.17, 15) is 9.59 Å². The highest BCUT2D eigenvalue weighted by Crippen LogP contribution is 2.27. The van der Waals surface area contributed by atoms with Crippen LogP contribution in [0.5, 0.6) is 11.5 Å². The number of rotatable bonds is 18. The molecule has 0 aliphatic rings. The number of carboxylic acids is 2. The van der Waals surface area contributed by atoms with Gasteiger partial charge in [-0.05, 0) is 44.2 Å². The molecule has 0 heterocycles. The smallest absolute Gasteiger partial charge is 0.303 e. The van der Waals surface area contributed by atoms with Crippen molar-refractivity contribution in [2.24, 2.45) is 0 Å². The first-order chi connectivity index (χ1) is 13.6. The van der Waals surface area contributed by atoms with Crippen LogP contribution in [0.4, 0.5) is 0 Å². The van der Waals surface area contributed by atoms with Crippen LogP contribution in [-0.4, -0.2) is 35.4 Å². The molecular weight excluding hydrogens is 360 g/mol. The van der Waals surface area contributed by atoms with Crippen molar-refractivity contribution in [2.75, 3.05) is 13.2 Å². The van der Waals surface area contributed by atoms with Crippen LogP contribution in [0.15, 0.2) is 24.3 Å². The van der Waals surface area contributed by atoms with Crippen molar-refractivity contribution in [1.82, 2.24) is 0 Å². The van der Waals surface area contributed by atoms with E-state index in [1.807, 2.05) is 24.3 Å². The van der Waals surface area contributed by atoms with Crippen molar-refractivity contribution < 1.29 is 29.3 Å². The fraction of sp³-hybridized carbons (Fsp3) is 0.636. The van der Waals surface area contributed by atoms with Gasteiger partial charge in [0.1, 0.15) is 0 Å². The van der Waals surface area contributed by atoms with Gasteiger partial charge >= 0.3 is 11.9 Å². The second-order valence-electron chi connectivity index (χ2n) is 6.97. The number of ether oxygens (including phenoxy) is 2. The molecular formula is C22H34O6. The van der Waals surface area contributed by atoms with E-state index >= 15 is 0 Å². The molecule has 0 aromatic heterocycles. The zero-order chi connectivity index (χ0) is 20.5. The highest BCUT2D eigenvalue weighted by molar-refractivity contribution is 5.66. The Morgan fingerprint density at radius 3 is 1.39 bits per heavy atom. The van der Waals surface area contributed by atoms with Crippen LogP contribution in [0.3, 0.4) is 0 Å². The Morgan fingerprint density at radius 1 is 0.607 bits per heavy atom. The van der Waals surface area contributed by atoms with Gasteiger partial charge in [0.05, 0.1) is 13.2 Å². The Hall–Kier alpha value is -2.24. The van der Waals surface area contributed by atoms with E-state index in [0.717, 1.165) is 69.3 Å². The Bertz CT molecular complexity index is 558. The van der Waals surface area contributed by atoms with Crippen LogP contribution in [0, 0.1) is 0 Å². The molecule has 0 radical (unpaired) electrons. The van der Waals surface area contributed by atoms with Crippen molar-refractivity contribution in [3.05, 3.63) is 24.3 Å². The number of para-hydroxylation sites is 2. The van der Waals surface area contributed by atoms with Crippen LogP contribution < -0.4 is 9.47 Å². The minimum atomic E-state index is -0.752. The number of hydrogen-bond donors (Lipinski definition) is 2. The number of carboxylic acid groups (broad SMARTS) is 2. The number of hydrogen-bond acceptors (Lipinski definition) is 4. The molecule has 0 fully saturated rings. The second-order valence-corrected chi connectivity index (χ2v) is 6.97. The molecule has 0 aliphatic carbocycles. The zero-order valence-corrected chi connectivity index (χ0v) is 16.7. The summed E-state index contributed by atoms with van der Waals surface area (Å²) in [7, 11) is 0. The summed E-state index contributed by atoms with van der Waals surface area (Å²) < 4.78 is 11.6. The maximum atomic E-state index is 10.5. The highest BCUT2D eigenvalue weighted by Gasteiger charge is 2.04. The molecule has 158 valence electrons. The van der Waals surface area contributed by atoms with Crippen molar-refractivity contribution in [1.29, 1.82) is 0 Å². The monoisotopic (exact) mass is 394 g/mol. The molecule has 0 bridgehead atoms. The van der Waals surface area contributed by atoms with Gasteiger partial charge in [-0.3, -0.25) is 9.59 Å². The van der Waals surface area contributed by atoms with Crippen molar-refractivity contribution in [3.63, 3.8) is 0 Å². The lowest BCUT2D eigenvalue weighted by atomic mass is 10.1. The zero-order valence-electron chi connectivity index (χ0n) is 16.7. The number of unbranched alkanes of at least 4 members (excludes halogenated alkanes) is 8. The average Bonchev–Trinajstić information content (AvgIpc) is 2.66. The lowest BCUT2D eigenvalue weighted by molar-refractivity contribution is -0.138. The van der Waals surface area contributed by atoms with Gasteiger partial charge in [0.2, 0.25) is 0 Å². The summed E-state index contributed by atoms with van der Waals surface area (Å²) in [5, 5.41) is 17.2. The molecule has 2 N–H and O–H groups in total. The van der Waals surface area contributed by atoms with E-state index in [2.05, 4.69) is 0 Å². The SMILES string of the molecule is O=C(O)CCCCCCCCCOc1ccccc1OCCCCCC(=O)O. The van der Waals surface area contributed by atoms with E-state index in [4.69, 9.17) is 19.7 Å². The molecule has 1 aromatic rings. The number of benzene rings is 1. The van der Waals surface area contributed by atoms with Crippen LogP contribution >= 0.6 is 0 Å². The first-order valence-electron chi connectivity index (χ1n) is 10.4. The lowest BCUT2D eigenvalue weighted by Gasteiger charge is -2.12. The molecule has 6 heteroatoms. The van der Waals surface area contributed by atoms with Gasteiger partial charge in [-0.15, -0.1) is 0 Å². The van der Waals surface area contributed by atoms with Gasteiger partial charge in [0, 0.05) is 12.8 Å². The lowest BCUT2D eigenvalue weighted by Crippen LogP contribution is -2.03. The van der Waals surface area contributed by atoms with E-state index in [-0.39, 0.29) is 12.8 Å². The molecule has 0 amide bonds. The molecule has 1 rings (SSSR count). The van der Waals surface area contributed by atoms with Crippen molar-refractivity contribution in [3.8, 4) is 11.5 Å². The predicted octanol–water partition coefficient (Wildman–Crippen LogP) is 5.29. The van der Waals surface area contributed by atoms with Crippen LogP contribution in [0.1, 0.15) is 77.0 Å². The predicted molar refractivity (Wildman–Crippen MR) is 108 cm³/mol. The van der Waals surface area contributed by atoms with Crippen molar-refractivity contribution in [2.45, 2.75) is 77.0 Å². The molecule has 0 saturated carbocycles. The van der Waals surface area contributed by atoms with Crippen LogP contribution in [0.25, 0.3) is 0 Å². The molecule has 6 nitrogen and oxygen atoms in total.